The summed E-state index contributed by atoms with van der Waals surface area (Å²) >= 11 is 1.33. The summed E-state index contributed by atoms with van der Waals surface area (Å²) in [5.74, 6) is 0.396. The Labute approximate surface area is 145 Å². The zero-order valence-electron chi connectivity index (χ0n) is 13.7. The number of rotatable bonds is 4. The SMILES string of the molecule is C=C/C=c1/nc(SCC(=O)N2CCCc3ccccc32)o/c1=C/C. The average molecular weight is 340 g/mol. The lowest BCUT2D eigenvalue weighted by molar-refractivity contribution is -0.116. The molecule has 2 aromatic rings. The molecule has 5 heteroatoms. The fraction of sp³-hybridized carbons (Fsp3) is 0.263. The normalized spacial score (nSPS) is 15.5. The highest BCUT2D eigenvalue weighted by Crippen LogP contribution is 2.27. The van der Waals surface area contributed by atoms with Gasteiger partial charge in [0.2, 0.25) is 5.91 Å². The smallest absolute Gasteiger partial charge is 0.257 e. The molecule has 0 aliphatic carbocycles. The van der Waals surface area contributed by atoms with Gasteiger partial charge in [-0.15, -0.1) is 0 Å². The summed E-state index contributed by atoms with van der Waals surface area (Å²) in [6.07, 6.45) is 7.36. The van der Waals surface area contributed by atoms with Crippen LogP contribution in [0.15, 0.2) is 46.6 Å². The van der Waals surface area contributed by atoms with E-state index >= 15 is 0 Å². The van der Waals surface area contributed by atoms with E-state index in [1.165, 1.54) is 17.3 Å². The molecule has 4 nitrogen and oxygen atoms in total. The van der Waals surface area contributed by atoms with E-state index in [1.807, 2.05) is 36.1 Å². The Morgan fingerprint density at radius 1 is 1.46 bits per heavy atom. The Bertz CT molecular complexity index is 870. The van der Waals surface area contributed by atoms with Crippen molar-refractivity contribution in [1.29, 1.82) is 0 Å². The number of nitrogens with zero attached hydrogens (tertiary/aromatic N) is 2. The first kappa shape index (κ1) is 16.6. The molecule has 1 aromatic heterocycles. The molecule has 0 saturated carbocycles. The van der Waals surface area contributed by atoms with Gasteiger partial charge >= 0.3 is 0 Å². The first-order valence-electron chi connectivity index (χ1n) is 8.00. The number of carbonyl (C=O) groups excluding carboxylic acids is 1. The van der Waals surface area contributed by atoms with Crippen LogP contribution in [0.1, 0.15) is 18.9 Å². The van der Waals surface area contributed by atoms with E-state index in [2.05, 4.69) is 17.6 Å². The number of hydrogen-bond acceptors (Lipinski definition) is 4. The second kappa shape index (κ2) is 7.53. The molecule has 0 N–H and O–H groups in total. The summed E-state index contributed by atoms with van der Waals surface area (Å²) in [4.78, 5) is 18.9. The van der Waals surface area contributed by atoms with Gasteiger partial charge in [0.25, 0.3) is 5.22 Å². The zero-order chi connectivity index (χ0) is 16.9. The van der Waals surface area contributed by atoms with E-state index in [9.17, 15) is 4.79 Å². The summed E-state index contributed by atoms with van der Waals surface area (Å²) in [5, 5.41) is 1.25. The van der Waals surface area contributed by atoms with Crippen LogP contribution in [0.5, 0.6) is 0 Å². The third-order valence-corrected chi connectivity index (χ3v) is 4.74. The summed E-state index contributed by atoms with van der Waals surface area (Å²) < 4.78 is 5.67. The first-order valence-corrected chi connectivity index (χ1v) is 8.98. The Morgan fingerprint density at radius 3 is 3.08 bits per heavy atom. The Balaban J connectivity index is 1.73. The molecule has 124 valence electrons. The van der Waals surface area contributed by atoms with Crippen LogP contribution >= 0.6 is 11.8 Å². The summed E-state index contributed by atoms with van der Waals surface area (Å²) in [6, 6.07) is 8.11. The minimum Gasteiger partial charge on any atom is -0.432 e. The maximum Gasteiger partial charge on any atom is 0.257 e. The van der Waals surface area contributed by atoms with Crippen LogP contribution in [0.4, 0.5) is 5.69 Å². The number of benzene rings is 1. The van der Waals surface area contributed by atoms with E-state index < -0.39 is 0 Å². The number of para-hydroxylation sites is 1. The molecule has 1 aromatic carbocycles. The standard InChI is InChI=1S/C19H20N2O2S/c1-3-8-15-17(4-2)23-19(20-15)24-13-18(22)21-12-7-10-14-9-5-6-11-16(14)21/h3-6,8-9,11H,1,7,10,12-13H2,2H3/b15-8+,17-4+. The molecule has 3 rings (SSSR count). The van der Waals surface area contributed by atoms with E-state index in [0.717, 1.165) is 30.4 Å². The van der Waals surface area contributed by atoms with Crippen molar-refractivity contribution in [3.05, 3.63) is 53.2 Å². The van der Waals surface area contributed by atoms with Crippen molar-refractivity contribution >= 4 is 35.5 Å². The maximum absolute atomic E-state index is 12.6. The molecule has 0 atom stereocenters. The number of allylic oxidation sites excluding steroid dienone is 1. The van der Waals surface area contributed by atoms with Gasteiger partial charge in [0, 0.05) is 12.2 Å². The molecule has 1 amide bonds. The molecule has 24 heavy (non-hydrogen) atoms. The lowest BCUT2D eigenvalue weighted by atomic mass is 10.0. The molecule has 2 heterocycles. The number of oxazole rings is 1. The van der Waals surface area contributed by atoms with Crippen LogP contribution in [0.2, 0.25) is 0 Å². The molecule has 0 unspecified atom stereocenters. The highest BCUT2D eigenvalue weighted by atomic mass is 32.2. The monoisotopic (exact) mass is 340 g/mol. The molecular formula is C19H20N2O2S. The Morgan fingerprint density at radius 2 is 2.29 bits per heavy atom. The van der Waals surface area contributed by atoms with Gasteiger partial charge in [-0.05, 0) is 43.5 Å². The molecule has 0 spiro atoms. The molecule has 1 aliphatic heterocycles. The van der Waals surface area contributed by atoms with Crippen molar-refractivity contribution in [2.45, 2.75) is 25.0 Å². The quantitative estimate of drug-likeness (QED) is 0.803. The minimum atomic E-state index is 0.0848. The molecule has 0 fully saturated rings. The van der Waals surface area contributed by atoms with Gasteiger partial charge in [-0.25, -0.2) is 4.98 Å². The van der Waals surface area contributed by atoms with Gasteiger partial charge in [0.1, 0.15) is 5.35 Å². The maximum atomic E-state index is 12.6. The number of aromatic nitrogens is 1. The Hall–Kier alpha value is -2.27. The second-order valence-corrected chi connectivity index (χ2v) is 6.41. The van der Waals surface area contributed by atoms with E-state index in [0.29, 0.717) is 16.4 Å². The van der Waals surface area contributed by atoms with Gasteiger partial charge in [0.05, 0.1) is 5.75 Å². The lowest BCUT2D eigenvalue weighted by Gasteiger charge is -2.29. The highest BCUT2D eigenvalue weighted by Gasteiger charge is 2.22. The number of amides is 1. The van der Waals surface area contributed by atoms with E-state index in [4.69, 9.17) is 4.42 Å². The summed E-state index contributed by atoms with van der Waals surface area (Å²) in [7, 11) is 0. The number of carbonyl (C=O) groups is 1. The lowest BCUT2D eigenvalue weighted by Crippen LogP contribution is -2.36. The minimum absolute atomic E-state index is 0.0848. The fourth-order valence-corrected chi connectivity index (χ4v) is 3.53. The largest absolute Gasteiger partial charge is 0.432 e. The van der Waals surface area contributed by atoms with Gasteiger partial charge in [-0.1, -0.05) is 42.6 Å². The van der Waals surface area contributed by atoms with Crippen LogP contribution in [-0.2, 0) is 11.2 Å². The summed E-state index contributed by atoms with van der Waals surface area (Å²) in [5.41, 5.74) is 2.97. The van der Waals surface area contributed by atoms with E-state index in [-0.39, 0.29) is 5.91 Å². The van der Waals surface area contributed by atoms with Crippen LogP contribution in [-0.4, -0.2) is 23.2 Å². The van der Waals surface area contributed by atoms with Crippen LogP contribution in [0.25, 0.3) is 12.2 Å². The van der Waals surface area contributed by atoms with Crippen molar-refractivity contribution in [2.24, 2.45) is 0 Å². The van der Waals surface area contributed by atoms with E-state index in [1.54, 1.807) is 12.2 Å². The van der Waals surface area contributed by atoms with Crippen molar-refractivity contribution in [3.63, 3.8) is 0 Å². The van der Waals surface area contributed by atoms with Crippen molar-refractivity contribution in [2.75, 3.05) is 17.2 Å². The number of anilines is 1. The van der Waals surface area contributed by atoms with Crippen molar-refractivity contribution < 1.29 is 9.21 Å². The fourth-order valence-electron chi connectivity index (χ4n) is 2.82. The number of hydrogen-bond donors (Lipinski definition) is 0. The van der Waals surface area contributed by atoms with Gasteiger partial charge in [-0.2, -0.15) is 0 Å². The number of fused-ring (bicyclic) bond motifs is 1. The van der Waals surface area contributed by atoms with Gasteiger partial charge in [0.15, 0.2) is 5.42 Å². The molecule has 1 aliphatic rings. The predicted octanol–water partition coefficient (Wildman–Crippen LogP) is 2.51. The predicted molar refractivity (Wildman–Crippen MR) is 98.4 cm³/mol. The van der Waals surface area contributed by atoms with Gasteiger partial charge in [-0.3, -0.25) is 4.79 Å². The average Bonchev–Trinajstić information content (AvgIpc) is 3.01. The van der Waals surface area contributed by atoms with Crippen LogP contribution < -0.4 is 15.7 Å². The highest BCUT2D eigenvalue weighted by molar-refractivity contribution is 7.99. The summed E-state index contributed by atoms with van der Waals surface area (Å²) in [6.45, 7) is 6.34. The second-order valence-electron chi connectivity index (χ2n) is 5.49. The van der Waals surface area contributed by atoms with Crippen LogP contribution in [0, 0.1) is 0 Å². The third-order valence-electron chi connectivity index (χ3n) is 3.93. The zero-order valence-corrected chi connectivity index (χ0v) is 14.5. The molecule has 0 saturated heterocycles. The number of aryl methyl sites for hydroxylation is 1. The number of thioether (sulfide) groups is 1. The van der Waals surface area contributed by atoms with Crippen molar-refractivity contribution in [3.8, 4) is 0 Å². The third kappa shape index (κ3) is 3.46. The van der Waals surface area contributed by atoms with Crippen molar-refractivity contribution in [1.82, 2.24) is 4.98 Å². The Kier molecular flexibility index (Phi) is 5.20. The molecular weight excluding hydrogens is 320 g/mol. The molecule has 0 bridgehead atoms. The van der Waals surface area contributed by atoms with Crippen LogP contribution in [0.3, 0.4) is 0 Å². The molecule has 0 radical (unpaired) electrons. The first-order chi connectivity index (χ1) is 11.7. The van der Waals surface area contributed by atoms with Gasteiger partial charge < -0.3 is 9.32 Å². The topological polar surface area (TPSA) is 46.3 Å².